The lowest BCUT2D eigenvalue weighted by molar-refractivity contribution is 0.339. The van der Waals surface area contributed by atoms with Crippen LogP contribution in [0.5, 0.6) is 0 Å². The summed E-state index contributed by atoms with van der Waals surface area (Å²) in [5, 5.41) is 0. The summed E-state index contributed by atoms with van der Waals surface area (Å²) in [5.74, 6) is 1.75. The Balaban J connectivity index is 2.12. The Morgan fingerprint density at radius 1 is 1.55 bits per heavy atom. The van der Waals surface area contributed by atoms with E-state index in [-0.39, 0.29) is 0 Å². The molecule has 0 bridgehead atoms. The Morgan fingerprint density at radius 3 is 3.00 bits per heavy atom. The fraction of sp³-hybridized carbons (Fsp3) is 1.00. The van der Waals surface area contributed by atoms with Crippen molar-refractivity contribution in [2.75, 3.05) is 25.5 Å². The van der Waals surface area contributed by atoms with Crippen molar-refractivity contribution in [2.24, 2.45) is 5.92 Å². The van der Waals surface area contributed by atoms with E-state index in [1.165, 1.54) is 32.4 Å². The topological polar surface area (TPSA) is 3.24 Å². The van der Waals surface area contributed by atoms with E-state index in [0.717, 1.165) is 18.3 Å². The van der Waals surface area contributed by atoms with E-state index >= 15 is 0 Å². The second-order valence-corrected chi connectivity index (χ2v) is 3.81. The molecule has 0 spiro atoms. The Morgan fingerprint density at radius 2 is 2.36 bits per heavy atom. The summed E-state index contributed by atoms with van der Waals surface area (Å²) < 4.78 is 0. The van der Waals surface area contributed by atoms with E-state index in [0.29, 0.717) is 0 Å². The van der Waals surface area contributed by atoms with Gasteiger partial charge in [-0.3, -0.25) is 0 Å². The number of nitrogens with zero attached hydrogens (tertiary/aromatic N) is 1. The van der Waals surface area contributed by atoms with Crippen molar-refractivity contribution in [3.63, 3.8) is 0 Å². The molecule has 0 aromatic heterocycles. The van der Waals surface area contributed by atoms with Crippen LogP contribution < -0.4 is 0 Å². The molecule has 1 rings (SSSR count). The molecule has 0 amide bonds. The van der Waals surface area contributed by atoms with Crippen LogP contribution in [0.15, 0.2) is 0 Å². The predicted octanol–water partition coefficient (Wildman–Crippen LogP) is 2.35. The normalized spacial score (nSPS) is 26.2. The van der Waals surface area contributed by atoms with Crippen LogP contribution in [0.25, 0.3) is 0 Å². The minimum Gasteiger partial charge on any atom is -0.302 e. The van der Waals surface area contributed by atoms with Gasteiger partial charge in [-0.15, -0.1) is 11.6 Å². The lowest BCUT2D eigenvalue weighted by Gasteiger charge is -2.13. The maximum absolute atomic E-state index is 5.66. The van der Waals surface area contributed by atoms with Crippen molar-refractivity contribution in [1.29, 1.82) is 0 Å². The quantitative estimate of drug-likeness (QED) is 0.593. The Hall–Kier alpha value is 0.250. The molecular weight excluding hydrogens is 158 g/mol. The second-order valence-electron chi connectivity index (χ2n) is 3.43. The molecule has 0 aliphatic carbocycles. The van der Waals surface area contributed by atoms with Gasteiger partial charge in [0.15, 0.2) is 0 Å². The molecule has 0 saturated carbocycles. The fourth-order valence-corrected chi connectivity index (χ4v) is 2.12. The van der Waals surface area contributed by atoms with E-state index in [1.807, 2.05) is 0 Å². The molecule has 0 aromatic rings. The molecule has 1 heterocycles. The van der Waals surface area contributed by atoms with Gasteiger partial charge in [-0.05, 0) is 25.3 Å². The van der Waals surface area contributed by atoms with Crippen LogP contribution in [-0.2, 0) is 0 Å². The second kappa shape index (κ2) is 5.00. The van der Waals surface area contributed by atoms with Crippen molar-refractivity contribution >= 4 is 11.6 Å². The van der Waals surface area contributed by atoms with Crippen LogP contribution in [0.1, 0.15) is 26.2 Å². The Bertz CT molecular complexity index is 93.7. The number of rotatable bonds is 4. The van der Waals surface area contributed by atoms with Gasteiger partial charge in [0.25, 0.3) is 0 Å². The van der Waals surface area contributed by atoms with Crippen molar-refractivity contribution < 1.29 is 0 Å². The van der Waals surface area contributed by atoms with Crippen molar-refractivity contribution in [2.45, 2.75) is 26.2 Å². The third-order valence-corrected chi connectivity index (χ3v) is 2.64. The first-order valence-electron chi connectivity index (χ1n) is 4.65. The van der Waals surface area contributed by atoms with E-state index in [1.54, 1.807) is 0 Å². The minimum absolute atomic E-state index is 0.791. The molecule has 1 nitrogen and oxygen atoms in total. The van der Waals surface area contributed by atoms with Crippen LogP contribution in [0, 0.1) is 5.92 Å². The number of likely N-dealkylation sites (tertiary alicyclic amines) is 1. The number of hydrogen-bond acceptors (Lipinski definition) is 1. The molecule has 0 aromatic carbocycles. The molecule has 1 saturated heterocycles. The summed E-state index contributed by atoms with van der Waals surface area (Å²) >= 11 is 5.66. The van der Waals surface area contributed by atoms with Crippen LogP contribution in [0.2, 0.25) is 0 Å². The number of halogens is 1. The van der Waals surface area contributed by atoms with Gasteiger partial charge >= 0.3 is 0 Å². The molecule has 0 N–H and O–H groups in total. The van der Waals surface area contributed by atoms with Crippen LogP contribution in [0.3, 0.4) is 0 Å². The van der Waals surface area contributed by atoms with Crippen LogP contribution in [0.4, 0.5) is 0 Å². The molecule has 2 heteroatoms. The van der Waals surface area contributed by atoms with Gasteiger partial charge in [-0.25, -0.2) is 0 Å². The fourth-order valence-electron chi connectivity index (χ4n) is 1.88. The minimum atomic E-state index is 0.791. The summed E-state index contributed by atoms with van der Waals surface area (Å²) in [6, 6.07) is 0. The summed E-state index contributed by atoms with van der Waals surface area (Å²) in [4.78, 5) is 2.48. The highest BCUT2D eigenvalue weighted by molar-refractivity contribution is 6.18. The highest BCUT2D eigenvalue weighted by Gasteiger charge is 2.20. The zero-order chi connectivity index (χ0) is 8.10. The SMILES string of the molecule is CCCC1CCN(CCCl)C1. The molecule has 0 radical (unpaired) electrons. The monoisotopic (exact) mass is 175 g/mol. The summed E-state index contributed by atoms with van der Waals surface area (Å²) in [6.45, 7) is 5.92. The molecule has 1 unspecified atom stereocenters. The number of alkyl halides is 1. The van der Waals surface area contributed by atoms with E-state index in [4.69, 9.17) is 11.6 Å². The third-order valence-electron chi connectivity index (χ3n) is 2.47. The van der Waals surface area contributed by atoms with E-state index in [9.17, 15) is 0 Å². The van der Waals surface area contributed by atoms with Gasteiger partial charge in [-0.2, -0.15) is 0 Å². The molecule has 11 heavy (non-hydrogen) atoms. The average molecular weight is 176 g/mol. The average Bonchev–Trinajstić information content (AvgIpc) is 2.38. The summed E-state index contributed by atoms with van der Waals surface area (Å²) in [7, 11) is 0. The smallest absolute Gasteiger partial charge is 0.0351 e. The van der Waals surface area contributed by atoms with Gasteiger partial charge in [0, 0.05) is 19.0 Å². The lowest BCUT2D eigenvalue weighted by atomic mass is 10.0. The lowest BCUT2D eigenvalue weighted by Crippen LogP contribution is -2.22. The highest BCUT2D eigenvalue weighted by Crippen LogP contribution is 2.20. The number of hydrogen-bond donors (Lipinski definition) is 0. The van der Waals surface area contributed by atoms with Gasteiger partial charge in [0.05, 0.1) is 0 Å². The van der Waals surface area contributed by atoms with Crippen molar-refractivity contribution in [1.82, 2.24) is 4.90 Å². The van der Waals surface area contributed by atoms with Gasteiger partial charge in [0.1, 0.15) is 0 Å². The molecular formula is C9H18ClN. The third kappa shape index (κ3) is 3.00. The van der Waals surface area contributed by atoms with Crippen molar-refractivity contribution in [3.05, 3.63) is 0 Å². The van der Waals surface area contributed by atoms with Crippen molar-refractivity contribution in [3.8, 4) is 0 Å². The van der Waals surface area contributed by atoms with E-state index in [2.05, 4.69) is 11.8 Å². The molecule has 66 valence electrons. The highest BCUT2D eigenvalue weighted by atomic mass is 35.5. The zero-order valence-electron chi connectivity index (χ0n) is 7.35. The first kappa shape index (κ1) is 9.34. The maximum atomic E-state index is 5.66. The first-order valence-corrected chi connectivity index (χ1v) is 5.18. The van der Waals surface area contributed by atoms with E-state index < -0.39 is 0 Å². The van der Waals surface area contributed by atoms with Gasteiger partial charge < -0.3 is 4.90 Å². The largest absolute Gasteiger partial charge is 0.302 e. The molecule has 1 aliphatic rings. The predicted molar refractivity (Wildman–Crippen MR) is 50.2 cm³/mol. The first-order chi connectivity index (χ1) is 5.36. The summed E-state index contributed by atoms with van der Waals surface area (Å²) in [6.07, 6.45) is 4.13. The Kier molecular flexibility index (Phi) is 4.24. The zero-order valence-corrected chi connectivity index (χ0v) is 8.11. The Labute approximate surface area is 74.7 Å². The van der Waals surface area contributed by atoms with Gasteiger partial charge in [-0.1, -0.05) is 13.3 Å². The van der Waals surface area contributed by atoms with Crippen LogP contribution >= 0.6 is 11.6 Å². The molecule has 1 aliphatic heterocycles. The molecule has 1 fully saturated rings. The van der Waals surface area contributed by atoms with Crippen LogP contribution in [-0.4, -0.2) is 30.4 Å². The maximum Gasteiger partial charge on any atom is 0.0351 e. The molecule has 1 atom stereocenters. The van der Waals surface area contributed by atoms with Gasteiger partial charge in [0.2, 0.25) is 0 Å². The standard InChI is InChI=1S/C9H18ClN/c1-2-3-9-4-6-11(8-9)7-5-10/h9H,2-8H2,1H3. The summed E-state index contributed by atoms with van der Waals surface area (Å²) in [5.41, 5.74) is 0.